The first-order valence-electron chi connectivity index (χ1n) is 10.8. The molecule has 1 aromatic heterocycles. The third kappa shape index (κ3) is 5.13. The number of fused-ring (bicyclic) bond motifs is 2. The maximum absolute atomic E-state index is 4.95. The number of hydrogen-bond donors (Lipinski definition) is 2. The lowest BCUT2D eigenvalue weighted by Crippen LogP contribution is -2.45. The summed E-state index contributed by atoms with van der Waals surface area (Å²) in [6.45, 7) is 8.24. The molecule has 2 aliphatic carbocycles. The standard InChI is InChI=1S/C23H33N5.HI/c1-4-24-23(25-14-18-10-9-17-7-5-6-8-21(17)18)26-20-12-11-19-15-28(16(2)3)27-22(19)13-20;/h5-8,15-16,18,20H,4,9-14H2,1-3H3,(H2,24,25,26);1H. The molecule has 0 radical (unpaired) electrons. The summed E-state index contributed by atoms with van der Waals surface area (Å²) in [6.07, 6.45) is 7.83. The zero-order valence-corrected chi connectivity index (χ0v) is 20.1. The molecule has 2 aromatic rings. The fourth-order valence-electron chi connectivity index (χ4n) is 4.45. The Bertz CT molecular complexity index is 842. The molecule has 1 aromatic carbocycles. The molecule has 0 saturated heterocycles. The van der Waals surface area contributed by atoms with Gasteiger partial charge in [-0.3, -0.25) is 9.67 Å². The number of nitrogens with one attached hydrogen (secondary N) is 2. The first-order valence-corrected chi connectivity index (χ1v) is 10.8. The van der Waals surface area contributed by atoms with E-state index >= 15 is 0 Å². The Balaban J connectivity index is 0.00000240. The van der Waals surface area contributed by atoms with Crippen molar-refractivity contribution in [3.8, 4) is 0 Å². The van der Waals surface area contributed by atoms with Gasteiger partial charge in [0.25, 0.3) is 0 Å². The number of aryl methyl sites for hydroxylation is 2. The number of guanidine groups is 1. The second kappa shape index (κ2) is 9.96. The largest absolute Gasteiger partial charge is 0.357 e. The fraction of sp³-hybridized carbons (Fsp3) is 0.565. The van der Waals surface area contributed by atoms with Gasteiger partial charge in [-0.15, -0.1) is 24.0 Å². The summed E-state index contributed by atoms with van der Waals surface area (Å²) >= 11 is 0. The molecule has 158 valence electrons. The summed E-state index contributed by atoms with van der Waals surface area (Å²) in [7, 11) is 0. The lowest BCUT2D eigenvalue weighted by Gasteiger charge is -2.24. The van der Waals surface area contributed by atoms with Gasteiger partial charge in [0.05, 0.1) is 5.69 Å². The predicted octanol–water partition coefficient (Wildman–Crippen LogP) is 4.22. The van der Waals surface area contributed by atoms with Crippen molar-refractivity contribution in [1.82, 2.24) is 20.4 Å². The van der Waals surface area contributed by atoms with Crippen LogP contribution >= 0.6 is 24.0 Å². The molecule has 0 saturated carbocycles. The Kier molecular flexibility index (Phi) is 7.60. The summed E-state index contributed by atoms with van der Waals surface area (Å²) in [5.41, 5.74) is 5.65. The number of rotatable bonds is 5. The third-order valence-electron chi connectivity index (χ3n) is 6.04. The molecule has 0 spiro atoms. The van der Waals surface area contributed by atoms with Crippen molar-refractivity contribution in [2.45, 2.75) is 70.9 Å². The van der Waals surface area contributed by atoms with Crippen molar-refractivity contribution in [3.05, 3.63) is 52.8 Å². The van der Waals surface area contributed by atoms with E-state index < -0.39 is 0 Å². The van der Waals surface area contributed by atoms with Crippen LogP contribution in [0, 0.1) is 0 Å². The Morgan fingerprint density at radius 3 is 2.79 bits per heavy atom. The average Bonchev–Trinajstić information content (AvgIpc) is 3.30. The lowest BCUT2D eigenvalue weighted by atomic mass is 9.94. The molecule has 0 fully saturated rings. The number of benzene rings is 1. The van der Waals surface area contributed by atoms with Crippen LogP contribution in [0.4, 0.5) is 0 Å². The molecular weight excluding hydrogens is 473 g/mol. The summed E-state index contributed by atoms with van der Waals surface area (Å²) in [5.74, 6) is 1.50. The van der Waals surface area contributed by atoms with Crippen LogP contribution in [0.15, 0.2) is 35.5 Å². The van der Waals surface area contributed by atoms with E-state index in [1.54, 1.807) is 0 Å². The SMILES string of the molecule is CCNC(=NCC1CCc2ccccc21)NC1CCc2cn(C(C)C)nc2C1.I. The van der Waals surface area contributed by atoms with Gasteiger partial charge in [0.1, 0.15) is 0 Å². The molecule has 0 bridgehead atoms. The van der Waals surface area contributed by atoms with Crippen LogP contribution in [-0.4, -0.2) is 34.9 Å². The number of hydrogen-bond acceptors (Lipinski definition) is 2. The smallest absolute Gasteiger partial charge is 0.191 e. The highest BCUT2D eigenvalue weighted by atomic mass is 127. The fourth-order valence-corrected chi connectivity index (χ4v) is 4.45. The number of nitrogens with zero attached hydrogens (tertiary/aromatic N) is 3. The van der Waals surface area contributed by atoms with Crippen molar-refractivity contribution in [2.24, 2.45) is 4.99 Å². The zero-order valence-electron chi connectivity index (χ0n) is 17.8. The van der Waals surface area contributed by atoms with Gasteiger partial charge in [0.15, 0.2) is 5.96 Å². The quantitative estimate of drug-likeness (QED) is 0.362. The minimum absolute atomic E-state index is 0. The van der Waals surface area contributed by atoms with Crippen LogP contribution in [0.2, 0.25) is 0 Å². The van der Waals surface area contributed by atoms with Crippen LogP contribution in [-0.2, 0) is 19.3 Å². The van der Waals surface area contributed by atoms with E-state index in [1.807, 2.05) is 0 Å². The second-order valence-corrected chi connectivity index (χ2v) is 8.41. The summed E-state index contributed by atoms with van der Waals surface area (Å²) in [4.78, 5) is 4.95. The maximum Gasteiger partial charge on any atom is 0.191 e. The molecule has 2 unspecified atom stereocenters. The van der Waals surface area contributed by atoms with E-state index in [9.17, 15) is 0 Å². The summed E-state index contributed by atoms with van der Waals surface area (Å²) in [6, 6.07) is 9.66. The highest BCUT2D eigenvalue weighted by Gasteiger charge is 2.24. The van der Waals surface area contributed by atoms with E-state index in [4.69, 9.17) is 10.1 Å². The number of aliphatic imine (C=N–C) groups is 1. The predicted molar refractivity (Wildman–Crippen MR) is 130 cm³/mol. The molecule has 29 heavy (non-hydrogen) atoms. The van der Waals surface area contributed by atoms with E-state index in [2.05, 4.69) is 66.5 Å². The maximum atomic E-state index is 4.95. The van der Waals surface area contributed by atoms with Gasteiger partial charge in [-0.05, 0) is 63.1 Å². The molecule has 2 aliphatic rings. The van der Waals surface area contributed by atoms with Crippen LogP contribution < -0.4 is 10.6 Å². The molecular formula is C23H34IN5. The van der Waals surface area contributed by atoms with E-state index in [0.717, 1.165) is 38.3 Å². The van der Waals surface area contributed by atoms with Gasteiger partial charge in [-0.2, -0.15) is 5.10 Å². The van der Waals surface area contributed by atoms with Gasteiger partial charge in [0.2, 0.25) is 0 Å². The van der Waals surface area contributed by atoms with Crippen LogP contribution in [0.25, 0.3) is 0 Å². The van der Waals surface area contributed by atoms with Crippen LogP contribution in [0.3, 0.4) is 0 Å². The Morgan fingerprint density at radius 2 is 2.00 bits per heavy atom. The van der Waals surface area contributed by atoms with E-state index in [0.29, 0.717) is 18.0 Å². The molecule has 2 N–H and O–H groups in total. The van der Waals surface area contributed by atoms with Gasteiger partial charge >= 0.3 is 0 Å². The average molecular weight is 507 g/mol. The van der Waals surface area contributed by atoms with Gasteiger partial charge in [-0.25, -0.2) is 0 Å². The lowest BCUT2D eigenvalue weighted by molar-refractivity contribution is 0.499. The number of halogens is 1. The molecule has 0 amide bonds. The Labute approximate surface area is 191 Å². The molecule has 0 aliphatic heterocycles. The Hall–Kier alpha value is -1.57. The molecule has 6 heteroatoms. The normalized spacial score (nSPS) is 20.8. The third-order valence-corrected chi connectivity index (χ3v) is 6.04. The van der Waals surface area contributed by atoms with Crippen molar-refractivity contribution < 1.29 is 0 Å². The van der Waals surface area contributed by atoms with Crippen molar-refractivity contribution in [3.63, 3.8) is 0 Å². The van der Waals surface area contributed by atoms with Crippen LogP contribution in [0.1, 0.15) is 68.0 Å². The summed E-state index contributed by atoms with van der Waals surface area (Å²) < 4.78 is 2.10. The van der Waals surface area contributed by atoms with E-state index in [1.165, 1.54) is 35.2 Å². The molecule has 1 heterocycles. The summed E-state index contributed by atoms with van der Waals surface area (Å²) in [5, 5.41) is 11.9. The zero-order chi connectivity index (χ0) is 19.5. The first kappa shape index (κ1) is 22.1. The Morgan fingerprint density at radius 1 is 1.21 bits per heavy atom. The molecule has 2 atom stereocenters. The minimum Gasteiger partial charge on any atom is -0.357 e. The van der Waals surface area contributed by atoms with Crippen molar-refractivity contribution in [2.75, 3.05) is 13.1 Å². The minimum atomic E-state index is 0. The van der Waals surface area contributed by atoms with Crippen molar-refractivity contribution >= 4 is 29.9 Å². The highest BCUT2D eigenvalue weighted by Crippen LogP contribution is 2.32. The topological polar surface area (TPSA) is 54.2 Å². The molecule has 5 nitrogen and oxygen atoms in total. The second-order valence-electron chi connectivity index (χ2n) is 8.41. The van der Waals surface area contributed by atoms with Gasteiger partial charge < -0.3 is 10.6 Å². The number of aromatic nitrogens is 2. The van der Waals surface area contributed by atoms with Crippen molar-refractivity contribution in [1.29, 1.82) is 0 Å². The highest BCUT2D eigenvalue weighted by molar-refractivity contribution is 14.0. The van der Waals surface area contributed by atoms with E-state index in [-0.39, 0.29) is 24.0 Å². The van der Waals surface area contributed by atoms with Gasteiger partial charge in [-0.1, -0.05) is 24.3 Å². The van der Waals surface area contributed by atoms with Gasteiger partial charge in [0, 0.05) is 43.7 Å². The van der Waals surface area contributed by atoms with Crippen LogP contribution in [0.5, 0.6) is 0 Å². The monoisotopic (exact) mass is 507 g/mol. The molecule has 4 rings (SSSR count). The first-order chi connectivity index (χ1) is 13.6.